The van der Waals surface area contributed by atoms with E-state index < -0.39 is 0 Å². The lowest BCUT2D eigenvalue weighted by atomic mass is 10.1. The molecule has 0 atom stereocenters. The summed E-state index contributed by atoms with van der Waals surface area (Å²) in [4.78, 5) is 11.0. The topological polar surface area (TPSA) is 41.1 Å². The van der Waals surface area contributed by atoms with E-state index in [1.807, 2.05) is 12.1 Å². The molecule has 0 spiro atoms. The van der Waals surface area contributed by atoms with Gasteiger partial charge in [0.25, 0.3) is 0 Å². The summed E-state index contributed by atoms with van der Waals surface area (Å²) in [5, 5.41) is 3.09. The van der Waals surface area contributed by atoms with Crippen molar-refractivity contribution >= 4 is 11.8 Å². The minimum atomic E-state index is -0.211. The van der Waals surface area contributed by atoms with Crippen LogP contribution < -0.4 is 10.2 Å². The minimum Gasteiger partial charge on any atom is -0.356 e. The average molecular weight is 286 g/mol. The maximum absolute atomic E-state index is 13.6. The first-order valence-corrected chi connectivity index (χ1v) is 7.38. The number of anilines is 2. The van der Waals surface area contributed by atoms with E-state index in [2.05, 4.69) is 20.2 Å². The van der Waals surface area contributed by atoms with Crippen LogP contribution in [0.4, 0.5) is 16.2 Å². The molecule has 2 aromatic rings. The summed E-state index contributed by atoms with van der Waals surface area (Å²) in [6, 6.07) is 8.66. The number of rotatable bonds is 4. The molecule has 1 aliphatic rings. The van der Waals surface area contributed by atoms with Gasteiger partial charge in [-0.2, -0.15) is 4.98 Å². The zero-order valence-electron chi connectivity index (χ0n) is 11.9. The van der Waals surface area contributed by atoms with Crippen molar-refractivity contribution in [2.45, 2.75) is 25.8 Å². The van der Waals surface area contributed by atoms with Gasteiger partial charge >= 0.3 is 0 Å². The summed E-state index contributed by atoms with van der Waals surface area (Å²) in [6.45, 7) is 2.48. The molecule has 1 aromatic carbocycles. The number of benzene rings is 1. The minimum absolute atomic E-state index is 0.211. The summed E-state index contributed by atoms with van der Waals surface area (Å²) in [6.07, 6.45) is 5.46. The van der Waals surface area contributed by atoms with Gasteiger partial charge in [-0.1, -0.05) is 18.2 Å². The number of piperidine rings is 1. The third kappa shape index (κ3) is 3.48. The molecule has 1 aromatic heterocycles. The Hall–Kier alpha value is -2.17. The molecule has 5 heteroatoms. The van der Waals surface area contributed by atoms with E-state index in [-0.39, 0.29) is 5.82 Å². The van der Waals surface area contributed by atoms with Crippen molar-refractivity contribution < 1.29 is 4.39 Å². The number of aromatic nitrogens is 2. The highest BCUT2D eigenvalue weighted by Crippen LogP contribution is 2.18. The highest BCUT2D eigenvalue weighted by molar-refractivity contribution is 5.43. The van der Waals surface area contributed by atoms with E-state index in [1.54, 1.807) is 18.3 Å². The van der Waals surface area contributed by atoms with Gasteiger partial charge in [-0.05, 0) is 31.4 Å². The van der Waals surface area contributed by atoms with Crippen LogP contribution in [-0.2, 0) is 6.54 Å². The van der Waals surface area contributed by atoms with Gasteiger partial charge in [-0.25, -0.2) is 9.37 Å². The first-order valence-electron chi connectivity index (χ1n) is 7.38. The molecule has 0 aliphatic carbocycles. The highest BCUT2D eigenvalue weighted by atomic mass is 19.1. The van der Waals surface area contributed by atoms with Crippen molar-refractivity contribution in [2.75, 3.05) is 23.3 Å². The van der Waals surface area contributed by atoms with Crippen molar-refractivity contribution in [3.05, 3.63) is 47.9 Å². The number of hydrogen-bond donors (Lipinski definition) is 1. The molecule has 0 amide bonds. The molecule has 110 valence electrons. The lowest BCUT2D eigenvalue weighted by molar-refractivity contribution is 0.573. The van der Waals surface area contributed by atoms with Crippen molar-refractivity contribution in [3.8, 4) is 0 Å². The van der Waals surface area contributed by atoms with Crippen molar-refractivity contribution in [3.63, 3.8) is 0 Å². The number of hydrogen-bond acceptors (Lipinski definition) is 4. The Balaban J connectivity index is 1.67. The van der Waals surface area contributed by atoms with Gasteiger partial charge in [-0.15, -0.1) is 0 Å². The van der Waals surface area contributed by atoms with Crippen molar-refractivity contribution in [2.24, 2.45) is 0 Å². The fourth-order valence-electron chi connectivity index (χ4n) is 2.55. The molecule has 0 bridgehead atoms. The molecule has 1 saturated heterocycles. The molecular weight excluding hydrogens is 267 g/mol. The second-order valence-corrected chi connectivity index (χ2v) is 5.23. The van der Waals surface area contributed by atoms with E-state index in [1.165, 1.54) is 25.3 Å². The van der Waals surface area contributed by atoms with Gasteiger partial charge in [0, 0.05) is 31.4 Å². The molecule has 2 heterocycles. The molecule has 0 saturated carbocycles. The first-order chi connectivity index (χ1) is 10.3. The monoisotopic (exact) mass is 286 g/mol. The Morgan fingerprint density at radius 1 is 1.10 bits per heavy atom. The van der Waals surface area contributed by atoms with Gasteiger partial charge in [0.15, 0.2) is 0 Å². The molecule has 21 heavy (non-hydrogen) atoms. The highest BCUT2D eigenvalue weighted by Gasteiger charge is 2.12. The zero-order chi connectivity index (χ0) is 14.5. The molecule has 4 nitrogen and oxygen atoms in total. The van der Waals surface area contributed by atoms with Crippen LogP contribution in [0.3, 0.4) is 0 Å². The van der Waals surface area contributed by atoms with Crippen LogP contribution in [-0.4, -0.2) is 23.1 Å². The predicted octanol–water partition coefficient (Wildman–Crippen LogP) is 3.22. The Bertz CT molecular complexity index is 596. The van der Waals surface area contributed by atoms with Crippen LogP contribution in [0.1, 0.15) is 24.8 Å². The van der Waals surface area contributed by atoms with Gasteiger partial charge in [0.1, 0.15) is 11.6 Å². The normalized spacial score (nSPS) is 15.0. The SMILES string of the molecule is Fc1ccccc1CNc1nccc(N2CCCCC2)n1. The van der Waals surface area contributed by atoms with Crippen molar-refractivity contribution in [1.82, 2.24) is 9.97 Å². The first kappa shape index (κ1) is 13.8. The zero-order valence-corrected chi connectivity index (χ0v) is 11.9. The molecule has 0 unspecified atom stereocenters. The van der Waals surface area contributed by atoms with E-state index in [0.717, 1.165) is 18.9 Å². The van der Waals surface area contributed by atoms with Crippen LogP contribution >= 0.6 is 0 Å². The predicted molar refractivity (Wildman–Crippen MR) is 81.8 cm³/mol. The fourth-order valence-corrected chi connectivity index (χ4v) is 2.55. The summed E-state index contributed by atoms with van der Waals surface area (Å²) in [7, 11) is 0. The van der Waals surface area contributed by atoms with Crippen LogP contribution in [0.5, 0.6) is 0 Å². The standard InChI is InChI=1S/C16H19FN4/c17-14-7-3-2-6-13(14)12-19-16-18-9-8-15(20-16)21-10-4-1-5-11-21/h2-3,6-9H,1,4-5,10-12H2,(H,18,19,20). The van der Waals surface area contributed by atoms with Crippen LogP contribution in [0.15, 0.2) is 36.5 Å². The fraction of sp³-hybridized carbons (Fsp3) is 0.375. The van der Waals surface area contributed by atoms with Crippen LogP contribution in [0.2, 0.25) is 0 Å². The summed E-state index contributed by atoms with van der Waals surface area (Å²) >= 11 is 0. The number of nitrogens with one attached hydrogen (secondary N) is 1. The number of nitrogens with zero attached hydrogens (tertiary/aromatic N) is 3. The summed E-state index contributed by atoms with van der Waals surface area (Å²) in [5.74, 6) is 1.28. The van der Waals surface area contributed by atoms with Gasteiger partial charge in [0.2, 0.25) is 5.95 Å². The second kappa shape index (κ2) is 6.52. The third-order valence-electron chi connectivity index (χ3n) is 3.72. The smallest absolute Gasteiger partial charge is 0.224 e. The van der Waals surface area contributed by atoms with E-state index in [9.17, 15) is 4.39 Å². The van der Waals surface area contributed by atoms with E-state index in [4.69, 9.17) is 0 Å². The second-order valence-electron chi connectivity index (χ2n) is 5.23. The largest absolute Gasteiger partial charge is 0.356 e. The van der Waals surface area contributed by atoms with Gasteiger partial charge < -0.3 is 10.2 Å². The third-order valence-corrected chi connectivity index (χ3v) is 3.72. The Labute approximate surface area is 124 Å². The molecular formula is C16H19FN4. The van der Waals surface area contributed by atoms with Crippen molar-refractivity contribution in [1.29, 1.82) is 0 Å². The molecule has 1 aliphatic heterocycles. The quantitative estimate of drug-likeness (QED) is 0.937. The summed E-state index contributed by atoms with van der Waals surface area (Å²) in [5.41, 5.74) is 0.615. The van der Waals surface area contributed by atoms with Gasteiger partial charge in [-0.3, -0.25) is 0 Å². The molecule has 1 fully saturated rings. The lowest BCUT2D eigenvalue weighted by Gasteiger charge is -2.27. The molecule has 3 rings (SSSR count). The van der Waals surface area contributed by atoms with E-state index >= 15 is 0 Å². The Morgan fingerprint density at radius 3 is 2.71 bits per heavy atom. The maximum atomic E-state index is 13.6. The van der Waals surface area contributed by atoms with Crippen LogP contribution in [0.25, 0.3) is 0 Å². The number of halogens is 1. The van der Waals surface area contributed by atoms with Crippen LogP contribution in [0, 0.1) is 5.82 Å². The van der Waals surface area contributed by atoms with E-state index in [0.29, 0.717) is 18.1 Å². The maximum Gasteiger partial charge on any atom is 0.224 e. The molecule has 0 radical (unpaired) electrons. The Morgan fingerprint density at radius 2 is 1.90 bits per heavy atom. The average Bonchev–Trinajstić information content (AvgIpc) is 2.55. The van der Waals surface area contributed by atoms with Gasteiger partial charge in [0.05, 0.1) is 0 Å². The molecule has 1 N–H and O–H groups in total. The summed E-state index contributed by atoms with van der Waals surface area (Å²) < 4.78 is 13.6. The lowest BCUT2D eigenvalue weighted by Crippen LogP contribution is -2.30. The Kier molecular flexibility index (Phi) is 4.28.